The number of carbonyl (C=O) groups excluding carboxylic acids is 1. The predicted molar refractivity (Wildman–Crippen MR) is 110 cm³/mol. The number of ether oxygens (including phenoxy) is 1. The van der Waals surface area contributed by atoms with Gasteiger partial charge in [-0.15, -0.1) is 0 Å². The van der Waals surface area contributed by atoms with Crippen LogP contribution >= 0.6 is 0 Å². The zero-order valence-electron chi connectivity index (χ0n) is 16.3. The first kappa shape index (κ1) is 19.1. The van der Waals surface area contributed by atoms with Crippen LogP contribution in [0, 0.1) is 0 Å². The molecule has 1 aliphatic rings. The van der Waals surface area contributed by atoms with Gasteiger partial charge in [0.15, 0.2) is 5.82 Å². The number of urea groups is 1. The Kier molecular flexibility index (Phi) is 6.16. The molecule has 0 saturated carbocycles. The minimum Gasteiger partial charge on any atom is -0.376 e. The van der Waals surface area contributed by atoms with Crippen LogP contribution in [0.1, 0.15) is 24.0 Å². The zero-order valence-corrected chi connectivity index (χ0v) is 16.3. The van der Waals surface area contributed by atoms with Gasteiger partial charge in [0, 0.05) is 44.4 Å². The Hall–Kier alpha value is -3.19. The molecule has 7 heteroatoms. The number of nitrogens with zero attached hydrogens (tertiary/aromatic N) is 4. The van der Waals surface area contributed by atoms with Crippen molar-refractivity contribution in [1.82, 2.24) is 19.7 Å². The molecular weight excluding hydrogens is 366 g/mol. The number of carbonyl (C=O) groups is 1. The lowest BCUT2D eigenvalue weighted by Gasteiger charge is -2.25. The van der Waals surface area contributed by atoms with E-state index in [9.17, 15) is 4.79 Å². The van der Waals surface area contributed by atoms with Crippen LogP contribution in [0.25, 0.3) is 0 Å². The molecule has 2 amide bonds. The van der Waals surface area contributed by atoms with E-state index in [1.54, 1.807) is 17.3 Å². The van der Waals surface area contributed by atoms with Crippen molar-refractivity contribution >= 4 is 11.8 Å². The van der Waals surface area contributed by atoms with Gasteiger partial charge in [-0.05, 0) is 30.0 Å². The summed E-state index contributed by atoms with van der Waals surface area (Å²) in [7, 11) is 0. The van der Waals surface area contributed by atoms with E-state index < -0.39 is 0 Å². The topological polar surface area (TPSA) is 72.3 Å². The summed E-state index contributed by atoms with van der Waals surface area (Å²) in [6, 6.07) is 15.6. The zero-order chi connectivity index (χ0) is 19.9. The van der Waals surface area contributed by atoms with Crippen molar-refractivity contribution in [3.05, 3.63) is 78.2 Å². The van der Waals surface area contributed by atoms with Crippen molar-refractivity contribution in [2.24, 2.45) is 0 Å². The first-order valence-electron chi connectivity index (χ1n) is 9.90. The summed E-state index contributed by atoms with van der Waals surface area (Å²) in [6.07, 6.45) is 7.47. The molecule has 0 bridgehead atoms. The number of benzene rings is 1. The minimum absolute atomic E-state index is 0.0769. The highest BCUT2D eigenvalue weighted by atomic mass is 16.5. The maximum Gasteiger partial charge on any atom is 0.323 e. The Balaban J connectivity index is 1.41. The molecule has 29 heavy (non-hydrogen) atoms. The molecule has 2 aromatic heterocycles. The van der Waals surface area contributed by atoms with E-state index >= 15 is 0 Å². The van der Waals surface area contributed by atoms with E-state index in [1.807, 2.05) is 47.3 Å². The molecule has 1 saturated heterocycles. The lowest BCUT2D eigenvalue weighted by atomic mass is 10.2. The molecule has 1 N–H and O–H groups in total. The van der Waals surface area contributed by atoms with Crippen molar-refractivity contribution in [3.8, 4) is 0 Å². The number of anilines is 1. The molecule has 1 atom stereocenters. The molecule has 150 valence electrons. The predicted octanol–water partition coefficient (Wildman–Crippen LogP) is 3.54. The standard InChI is InChI=1S/C22H25N5O2/c28-22(24-21-10-12-27(25-21)16-18-6-2-1-3-7-18)26(17-20-9-5-13-29-20)15-19-8-4-11-23-14-19/h1-4,6-8,10-12,14,20H,5,9,13,15-17H2,(H,24,25,28). The molecule has 0 spiro atoms. The van der Waals surface area contributed by atoms with Gasteiger partial charge in [-0.2, -0.15) is 5.10 Å². The molecule has 3 heterocycles. The van der Waals surface area contributed by atoms with Gasteiger partial charge in [-0.25, -0.2) is 4.79 Å². The van der Waals surface area contributed by atoms with Crippen LogP contribution in [-0.2, 0) is 17.8 Å². The Morgan fingerprint density at radius 1 is 1.17 bits per heavy atom. The van der Waals surface area contributed by atoms with Crippen LogP contribution in [0.4, 0.5) is 10.6 Å². The summed E-state index contributed by atoms with van der Waals surface area (Å²) in [4.78, 5) is 18.9. The lowest BCUT2D eigenvalue weighted by molar-refractivity contribution is 0.0819. The number of amides is 2. The molecule has 4 rings (SSSR count). The summed E-state index contributed by atoms with van der Waals surface area (Å²) in [5.41, 5.74) is 2.14. The smallest absolute Gasteiger partial charge is 0.323 e. The molecule has 3 aromatic rings. The molecule has 1 aliphatic heterocycles. The number of hydrogen-bond acceptors (Lipinski definition) is 4. The number of aromatic nitrogens is 3. The van der Waals surface area contributed by atoms with Gasteiger partial charge < -0.3 is 9.64 Å². The van der Waals surface area contributed by atoms with Crippen molar-refractivity contribution in [1.29, 1.82) is 0 Å². The third-order valence-electron chi connectivity index (χ3n) is 4.89. The van der Waals surface area contributed by atoms with E-state index in [0.29, 0.717) is 25.5 Å². The monoisotopic (exact) mass is 391 g/mol. The normalized spacial score (nSPS) is 15.9. The van der Waals surface area contributed by atoms with Crippen LogP contribution in [0.3, 0.4) is 0 Å². The van der Waals surface area contributed by atoms with Crippen LogP contribution in [0.15, 0.2) is 67.1 Å². The molecular formula is C22H25N5O2. The molecule has 1 aromatic carbocycles. The van der Waals surface area contributed by atoms with Gasteiger partial charge in [-0.3, -0.25) is 15.0 Å². The molecule has 1 unspecified atom stereocenters. The van der Waals surface area contributed by atoms with Gasteiger partial charge in [0.25, 0.3) is 0 Å². The summed E-state index contributed by atoms with van der Waals surface area (Å²) in [5.74, 6) is 0.537. The highest BCUT2D eigenvalue weighted by Gasteiger charge is 2.23. The average molecular weight is 391 g/mol. The van der Waals surface area contributed by atoms with Gasteiger partial charge >= 0.3 is 6.03 Å². The largest absolute Gasteiger partial charge is 0.376 e. The van der Waals surface area contributed by atoms with Crippen LogP contribution in [0.2, 0.25) is 0 Å². The highest BCUT2D eigenvalue weighted by molar-refractivity contribution is 5.88. The van der Waals surface area contributed by atoms with Crippen molar-refractivity contribution in [3.63, 3.8) is 0 Å². The number of nitrogens with one attached hydrogen (secondary N) is 1. The highest BCUT2D eigenvalue weighted by Crippen LogP contribution is 2.16. The van der Waals surface area contributed by atoms with Gasteiger partial charge in [-0.1, -0.05) is 36.4 Å². The fourth-order valence-corrected chi connectivity index (χ4v) is 3.44. The Morgan fingerprint density at radius 3 is 2.79 bits per heavy atom. The molecule has 0 radical (unpaired) electrons. The van der Waals surface area contributed by atoms with Gasteiger partial charge in [0.1, 0.15) is 0 Å². The third kappa shape index (κ3) is 5.42. The van der Waals surface area contributed by atoms with Gasteiger partial charge in [0.05, 0.1) is 12.6 Å². The average Bonchev–Trinajstić information content (AvgIpc) is 3.41. The molecule has 1 fully saturated rings. The summed E-state index contributed by atoms with van der Waals surface area (Å²) < 4.78 is 7.55. The van der Waals surface area contributed by atoms with Crippen LogP contribution in [-0.4, -0.2) is 45.0 Å². The second-order valence-electron chi connectivity index (χ2n) is 7.19. The van der Waals surface area contributed by atoms with Crippen LogP contribution in [0.5, 0.6) is 0 Å². The minimum atomic E-state index is -0.186. The van der Waals surface area contributed by atoms with Crippen molar-refractivity contribution < 1.29 is 9.53 Å². The number of hydrogen-bond donors (Lipinski definition) is 1. The number of pyridine rings is 1. The maximum absolute atomic E-state index is 13.0. The van der Waals surface area contributed by atoms with Crippen LogP contribution < -0.4 is 5.32 Å². The fourth-order valence-electron chi connectivity index (χ4n) is 3.44. The first-order valence-corrected chi connectivity index (χ1v) is 9.90. The SMILES string of the molecule is O=C(Nc1ccn(Cc2ccccc2)n1)N(Cc1cccnc1)CC1CCCO1. The Labute approximate surface area is 170 Å². The van der Waals surface area contributed by atoms with E-state index in [1.165, 1.54) is 0 Å². The molecule has 7 nitrogen and oxygen atoms in total. The second-order valence-corrected chi connectivity index (χ2v) is 7.19. The quantitative estimate of drug-likeness (QED) is 0.669. The second kappa shape index (κ2) is 9.34. The van der Waals surface area contributed by atoms with Crippen molar-refractivity contribution in [2.75, 3.05) is 18.5 Å². The number of rotatable bonds is 7. The van der Waals surface area contributed by atoms with E-state index in [-0.39, 0.29) is 12.1 Å². The fraction of sp³-hybridized carbons (Fsp3) is 0.318. The summed E-state index contributed by atoms with van der Waals surface area (Å²) >= 11 is 0. The van der Waals surface area contributed by atoms with Crippen molar-refractivity contribution in [2.45, 2.75) is 32.0 Å². The maximum atomic E-state index is 13.0. The molecule has 0 aliphatic carbocycles. The van der Waals surface area contributed by atoms with E-state index in [4.69, 9.17) is 4.74 Å². The van der Waals surface area contributed by atoms with E-state index in [0.717, 1.165) is 30.6 Å². The first-order chi connectivity index (χ1) is 14.3. The Morgan fingerprint density at radius 2 is 2.03 bits per heavy atom. The summed E-state index contributed by atoms with van der Waals surface area (Å²) in [5, 5.41) is 7.40. The summed E-state index contributed by atoms with van der Waals surface area (Å²) in [6.45, 7) is 2.44. The third-order valence-corrected chi connectivity index (χ3v) is 4.89. The lowest BCUT2D eigenvalue weighted by Crippen LogP contribution is -2.39. The van der Waals surface area contributed by atoms with E-state index in [2.05, 4.69) is 27.5 Å². The van der Waals surface area contributed by atoms with Gasteiger partial charge in [0.2, 0.25) is 0 Å². The Bertz CT molecular complexity index is 907.